The Morgan fingerprint density at radius 2 is 1.77 bits per heavy atom. The third-order valence-electron chi connectivity index (χ3n) is 4.58. The van der Waals surface area contributed by atoms with Crippen LogP contribution in [0, 0.1) is 0 Å². The van der Waals surface area contributed by atoms with E-state index >= 15 is 0 Å². The van der Waals surface area contributed by atoms with Crippen molar-refractivity contribution in [3.05, 3.63) is 72.3 Å². The first-order valence-corrected chi connectivity index (χ1v) is 10.6. The lowest BCUT2D eigenvalue weighted by molar-refractivity contribution is 0.0974. The Labute approximate surface area is 188 Å². The molecule has 156 valence electrons. The summed E-state index contributed by atoms with van der Waals surface area (Å²) in [6.07, 6.45) is 0. The summed E-state index contributed by atoms with van der Waals surface area (Å²) in [5.41, 5.74) is 2.96. The molecule has 0 atom stereocenters. The lowest BCUT2D eigenvalue weighted by Gasteiger charge is -2.14. The van der Waals surface area contributed by atoms with Crippen molar-refractivity contribution in [1.82, 2.24) is 10.3 Å². The molecule has 1 heterocycles. The number of para-hydroxylation sites is 2. The van der Waals surface area contributed by atoms with Crippen molar-refractivity contribution in [2.45, 2.75) is 0 Å². The zero-order valence-electron chi connectivity index (χ0n) is 16.8. The number of anilines is 1. The molecule has 0 saturated carbocycles. The maximum atomic E-state index is 12.7. The molecular weight excluding hydrogens is 430 g/mol. The summed E-state index contributed by atoms with van der Waals surface area (Å²) in [4.78, 5) is 17.4. The number of thiocarbonyl (C=S) groups is 1. The van der Waals surface area contributed by atoms with Crippen molar-refractivity contribution in [3.63, 3.8) is 0 Å². The molecule has 0 fully saturated rings. The number of carbonyl (C=O) groups is 1. The predicted octanol–water partition coefficient (Wildman–Crippen LogP) is 5.11. The Morgan fingerprint density at radius 3 is 2.55 bits per heavy atom. The van der Waals surface area contributed by atoms with Crippen LogP contribution in [0.4, 0.5) is 5.69 Å². The van der Waals surface area contributed by atoms with Crippen molar-refractivity contribution in [2.75, 3.05) is 19.5 Å². The lowest BCUT2D eigenvalue weighted by atomic mass is 10.1. The second kappa shape index (κ2) is 9.11. The fourth-order valence-electron chi connectivity index (χ4n) is 3.08. The van der Waals surface area contributed by atoms with Crippen molar-refractivity contribution in [3.8, 4) is 22.1 Å². The van der Waals surface area contributed by atoms with Crippen molar-refractivity contribution in [1.29, 1.82) is 0 Å². The average molecular weight is 450 g/mol. The van der Waals surface area contributed by atoms with Gasteiger partial charge in [-0.1, -0.05) is 24.3 Å². The Hall–Kier alpha value is -3.49. The molecule has 0 bridgehead atoms. The summed E-state index contributed by atoms with van der Waals surface area (Å²) < 4.78 is 11.6. The molecule has 6 nitrogen and oxygen atoms in total. The maximum absolute atomic E-state index is 12.7. The number of amides is 1. The van der Waals surface area contributed by atoms with Gasteiger partial charge < -0.3 is 14.8 Å². The van der Waals surface area contributed by atoms with E-state index in [0.717, 1.165) is 26.5 Å². The Bertz CT molecular complexity index is 1240. The SMILES string of the molecule is COc1ccc(C(=O)NC(=S)Nc2ccccc2-c2nc3ccccc3s2)c(OC)c1. The van der Waals surface area contributed by atoms with Crippen molar-refractivity contribution < 1.29 is 14.3 Å². The molecule has 2 N–H and O–H groups in total. The van der Waals surface area contributed by atoms with E-state index in [1.54, 1.807) is 36.6 Å². The minimum Gasteiger partial charge on any atom is -0.497 e. The molecule has 4 rings (SSSR count). The number of methoxy groups -OCH3 is 2. The molecule has 3 aromatic carbocycles. The Balaban J connectivity index is 1.54. The summed E-state index contributed by atoms with van der Waals surface area (Å²) in [6.45, 7) is 0. The summed E-state index contributed by atoms with van der Waals surface area (Å²) in [5.74, 6) is 0.614. The number of hydrogen-bond acceptors (Lipinski definition) is 6. The molecule has 0 aliphatic rings. The molecule has 4 aromatic rings. The third-order valence-corrected chi connectivity index (χ3v) is 5.85. The van der Waals surface area contributed by atoms with Crippen LogP contribution < -0.4 is 20.1 Å². The van der Waals surface area contributed by atoms with Crippen LogP contribution in [0.1, 0.15) is 10.4 Å². The first kappa shape index (κ1) is 20.8. The van der Waals surface area contributed by atoms with Gasteiger partial charge in [-0.25, -0.2) is 4.98 Å². The summed E-state index contributed by atoms with van der Waals surface area (Å²) >= 11 is 6.99. The number of fused-ring (bicyclic) bond motifs is 1. The summed E-state index contributed by atoms with van der Waals surface area (Å²) in [7, 11) is 3.05. The Morgan fingerprint density at radius 1 is 1.00 bits per heavy atom. The first-order valence-electron chi connectivity index (χ1n) is 9.38. The molecule has 0 radical (unpaired) electrons. The van der Waals surface area contributed by atoms with Crippen LogP contribution in [0.3, 0.4) is 0 Å². The number of thiazole rings is 1. The molecular formula is C23H19N3O3S2. The van der Waals surface area contributed by atoms with Gasteiger partial charge >= 0.3 is 0 Å². The van der Waals surface area contributed by atoms with Gasteiger partial charge in [0.25, 0.3) is 5.91 Å². The van der Waals surface area contributed by atoms with Crippen LogP contribution in [0.2, 0.25) is 0 Å². The molecule has 1 aromatic heterocycles. The highest BCUT2D eigenvalue weighted by Crippen LogP contribution is 2.34. The van der Waals surface area contributed by atoms with Gasteiger partial charge in [0.15, 0.2) is 5.11 Å². The third kappa shape index (κ3) is 4.50. The minimum absolute atomic E-state index is 0.177. The molecule has 0 aliphatic heterocycles. The van der Waals surface area contributed by atoms with Crippen LogP contribution in [0.5, 0.6) is 11.5 Å². The van der Waals surface area contributed by atoms with Gasteiger partial charge in [-0.2, -0.15) is 0 Å². The van der Waals surface area contributed by atoms with E-state index < -0.39 is 0 Å². The summed E-state index contributed by atoms with van der Waals surface area (Å²) in [5, 5.41) is 6.87. The first-order chi connectivity index (χ1) is 15.1. The zero-order valence-corrected chi connectivity index (χ0v) is 18.5. The fourth-order valence-corrected chi connectivity index (χ4v) is 4.28. The van der Waals surface area contributed by atoms with Crippen LogP contribution >= 0.6 is 23.6 Å². The van der Waals surface area contributed by atoms with Gasteiger partial charge in [0, 0.05) is 11.6 Å². The zero-order chi connectivity index (χ0) is 21.8. The van der Waals surface area contributed by atoms with E-state index in [2.05, 4.69) is 10.6 Å². The number of nitrogens with zero attached hydrogens (tertiary/aromatic N) is 1. The topological polar surface area (TPSA) is 72.5 Å². The summed E-state index contributed by atoms with van der Waals surface area (Å²) in [6, 6.07) is 20.7. The molecule has 0 unspecified atom stereocenters. The quantitative estimate of drug-likeness (QED) is 0.413. The largest absolute Gasteiger partial charge is 0.497 e. The second-order valence-electron chi connectivity index (χ2n) is 6.51. The highest BCUT2D eigenvalue weighted by molar-refractivity contribution is 7.80. The van der Waals surface area contributed by atoms with Gasteiger partial charge in [0.05, 0.1) is 35.7 Å². The number of nitrogens with one attached hydrogen (secondary N) is 2. The van der Waals surface area contributed by atoms with Crippen molar-refractivity contribution >= 4 is 50.5 Å². The van der Waals surface area contributed by atoms with E-state index in [1.165, 1.54) is 7.11 Å². The number of benzene rings is 3. The minimum atomic E-state index is -0.380. The van der Waals surface area contributed by atoms with Crippen LogP contribution in [0.15, 0.2) is 66.7 Å². The van der Waals surface area contributed by atoms with Gasteiger partial charge in [-0.05, 0) is 48.6 Å². The molecule has 0 saturated heterocycles. The number of aromatic nitrogens is 1. The highest BCUT2D eigenvalue weighted by atomic mass is 32.1. The number of rotatable bonds is 5. The van der Waals surface area contributed by atoms with E-state index in [4.69, 9.17) is 26.7 Å². The molecule has 8 heteroatoms. The van der Waals surface area contributed by atoms with Gasteiger partial charge in [0.2, 0.25) is 0 Å². The number of ether oxygens (including phenoxy) is 2. The standard InChI is InChI=1S/C23H19N3O3S2/c1-28-14-11-12-16(19(13-14)29-2)21(27)26-23(30)25-17-8-4-3-7-15(17)22-24-18-9-5-6-10-20(18)31-22/h3-13H,1-2H3,(H2,25,26,27,30). The van der Waals surface area contributed by atoms with E-state index in [-0.39, 0.29) is 11.0 Å². The average Bonchev–Trinajstić information content (AvgIpc) is 3.23. The number of hydrogen-bond donors (Lipinski definition) is 2. The van der Waals surface area contributed by atoms with Crippen LogP contribution in [-0.4, -0.2) is 30.2 Å². The molecule has 1 amide bonds. The number of carbonyl (C=O) groups excluding carboxylic acids is 1. The van der Waals surface area contributed by atoms with E-state index in [9.17, 15) is 4.79 Å². The monoisotopic (exact) mass is 449 g/mol. The van der Waals surface area contributed by atoms with Gasteiger partial charge in [-0.15, -0.1) is 11.3 Å². The van der Waals surface area contributed by atoms with E-state index in [1.807, 2.05) is 48.5 Å². The smallest absolute Gasteiger partial charge is 0.261 e. The molecule has 0 aliphatic carbocycles. The second-order valence-corrected chi connectivity index (χ2v) is 7.95. The lowest BCUT2D eigenvalue weighted by Crippen LogP contribution is -2.34. The maximum Gasteiger partial charge on any atom is 0.261 e. The highest BCUT2D eigenvalue weighted by Gasteiger charge is 2.16. The van der Waals surface area contributed by atoms with E-state index in [0.29, 0.717) is 17.1 Å². The normalized spacial score (nSPS) is 10.5. The molecule has 31 heavy (non-hydrogen) atoms. The predicted molar refractivity (Wildman–Crippen MR) is 128 cm³/mol. The van der Waals surface area contributed by atoms with Crippen molar-refractivity contribution in [2.24, 2.45) is 0 Å². The van der Waals surface area contributed by atoms with Gasteiger partial charge in [-0.3, -0.25) is 10.1 Å². The Kier molecular flexibility index (Phi) is 6.11. The van der Waals surface area contributed by atoms with Gasteiger partial charge in [0.1, 0.15) is 16.5 Å². The van der Waals surface area contributed by atoms with Crippen LogP contribution in [0.25, 0.3) is 20.8 Å². The molecule has 0 spiro atoms. The van der Waals surface area contributed by atoms with Crippen LogP contribution in [-0.2, 0) is 0 Å². The fraction of sp³-hybridized carbons (Fsp3) is 0.0870.